The van der Waals surface area contributed by atoms with E-state index in [2.05, 4.69) is 10.2 Å². The predicted octanol–water partition coefficient (Wildman–Crippen LogP) is 3.08. The van der Waals surface area contributed by atoms with Crippen LogP contribution in [0.1, 0.15) is 18.2 Å². The summed E-state index contributed by atoms with van der Waals surface area (Å²) in [5, 5.41) is 17.2. The first kappa shape index (κ1) is 12.4. The Morgan fingerprint density at radius 2 is 2.22 bits per heavy atom. The number of nitro groups is 1. The van der Waals surface area contributed by atoms with E-state index in [4.69, 9.17) is 16.0 Å². The average molecular weight is 272 g/mol. The van der Waals surface area contributed by atoms with Crippen molar-refractivity contribution in [2.24, 2.45) is 0 Å². The number of hydrogen-bond donors (Lipinski definition) is 0. The first-order valence-electron chi connectivity index (χ1n) is 4.91. The summed E-state index contributed by atoms with van der Waals surface area (Å²) < 4.78 is 18.8. The third kappa shape index (κ3) is 2.30. The van der Waals surface area contributed by atoms with Crippen LogP contribution in [0.5, 0.6) is 0 Å². The van der Waals surface area contributed by atoms with Gasteiger partial charge in [0, 0.05) is 6.07 Å². The SMILES string of the molecule is CC(Cl)c1nnc(-c2ccc([N+](=O)[O-])cc2F)o1. The zero-order valence-corrected chi connectivity index (χ0v) is 9.89. The summed E-state index contributed by atoms with van der Waals surface area (Å²) in [4.78, 5) is 9.78. The van der Waals surface area contributed by atoms with E-state index in [0.717, 1.165) is 12.1 Å². The molecule has 0 aliphatic carbocycles. The Hall–Kier alpha value is -2.02. The zero-order valence-electron chi connectivity index (χ0n) is 9.13. The molecule has 0 fully saturated rings. The molecular formula is C10H7ClFN3O3. The molecule has 18 heavy (non-hydrogen) atoms. The number of halogens is 2. The second kappa shape index (κ2) is 4.69. The molecule has 6 nitrogen and oxygen atoms in total. The van der Waals surface area contributed by atoms with Crippen molar-refractivity contribution in [3.8, 4) is 11.5 Å². The van der Waals surface area contributed by atoms with E-state index >= 15 is 0 Å². The van der Waals surface area contributed by atoms with Gasteiger partial charge in [-0.3, -0.25) is 10.1 Å². The minimum Gasteiger partial charge on any atom is -0.419 e. The Morgan fingerprint density at radius 3 is 2.72 bits per heavy atom. The fourth-order valence-electron chi connectivity index (χ4n) is 1.30. The summed E-state index contributed by atoms with van der Waals surface area (Å²) in [6, 6.07) is 3.17. The molecule has 8 heteroatoms. The molecule has 0 bridgehead atoms. The highest BCUT2D eigenvalue weighted by Gasteiger charge is 2.18. The molecule has 1 heterocycles. The van der Waals surface area contributed by atoms with Crippen LogP contribution in [0.25, 0.3) is 11.5 Å². The Bertz CT molecular complexity index is 600. The highest BCUT2D eigenvalue weighted by Crippen LogP contribution is 2.27. The lowest BCUT2D eigenvalue weighted by molar-refractivity contribution is -0.385. The summed E-state index contributed by atoms with van der Waals surface area (Å²) in [5.74, 6) is -0.712. The van der Waals surface area contributed by atoms with E-state index in [-0.39, 0.29) is 23.0 Å². The fourth-order valence-corrected chi connectivity index (χ4v) is 1.38. The summed E-state index contributed by atoms with van der Waals surface area (Å²) >= 11 is 5.73. The Labute approximate surface area is 106 Å². The predicted molar refractivity (Wildman–Crippen MR) is 60.6 cm³/mol. The van der Waals surface area contributed by atoms with Crippen LogP contribution in [0, 0.1) is 15.9 Å². The molecule has 0 aliphatic heterocycles. The largest absolute Gasteiger partial charge is 0.419 e. The van der Waals surface area contributed by atoms with Crippen molar-refractivity contribution in [1.82, 2.24) is 10.2 Å². The number of nitrogens with zero attached hydrogens (tertiary/aromatic N) is 3. The number of benzene rings is 1. The quantitative estimate of drug-likeness (QED) is 0.487. The molecule has 0 N–H and O–H groups in total. The average Bonchev–Trinajstić information content (AvgIpc) is 2.78. The van der Waals surface area contributed by atoms with E-state index in [9.17, 15) is 14.5 Å². The molecule has 2 aromatic rings. The van der Waals surface area contributed by atoms with Gasteiger partial charge in [-0.15, -0.1) is 21.8 Å². The number of nitro benzene ring substituents is 1. The molecule has 2 rings (SSSR count). The monoisotopic (exact) mass is 271 g/mol. The Kier molecular flexibility index (Phi) is 3.24. The molecule has 94 valence electrons. The van der Waals surface area contributed by atoms with E-state index in [0.29, 0.717) is 0 Å². The van der Waals surface area contributed by atoms with E-state index in [1.165, 1.54) is 6.07 Å². The Balaban J connectivity index is 2.41. The van der Waals surface area contributed by atoms with Crippen molar-refractivity contribution in [2.45, 2.75) is 12.3 Å². The maximum Gasteiger partial charge on any atom is 0.272 e. The van der Waals surface area contributed by atoms with Crippen molar-refractivity contribution in [2.75, 3.05) is 0 Å². The van der Waals surface area contributed by atoms with Gasteiger partial charge in [0.25, 0.3) is 11.6 Å². The number of rotatable bonds is 3. The van der Waals surface area contributed by atoms with Crippen molar-refractivity contribution in [1.29, 1.82) is 0 Å². The van der Waals surface area contributed by atoms with E-state index < -0.39 is 16.1 Å². The van der Waals surface area contributed by atoms with Crippen molar-refractivity contribution in [3.05, 3.63) is 40.0 Å². The summed E-state index contributed by atoms with van der Waals surface area (Å²) in [6.07, 6.45) is 0. The molecule has 0 amide bonds. The number of alkyl halides is 1. The molecule has 0 saturated heterocycles. The number of hydrogen-bond acceptors (Lipinski definition) is 5. The molecule has 1 atom stereocenters. The van der Waals surface area contributed by atoms with E-state index in [1.54, 1.807) is 6.92 Å². The van der Waals surface area contributed by atoms with E-state index in [1.807, 2.05) is 0 Å². The van der Waals surface area contributed by atoms with Gasteiger partial charge in [0.15, 0.2) is 0 Å². The van der Waals surface area contributed by atoms with Crippen LogP contribution >= 0.6 is 11.6 Å². The first-order valence-corrected chi connectivity index (χ1v) is 5.34. The van der Waals surface area contributed by atoms with Crippen LogP contribution in [0.2, 0.25) is 0 Å². The third-order valence-electron chi connectivity index (χ3n) is 2.17. The zero-order chi connectivity index (χ0) is 13.3. The second-order valence-electron chi connectivity index (χ2n) is 3.48. The number of non-ortho nitro benzene ring substituents is 1. The lowest BCUT2D eigenvalue weighted by Crippen LogP contribution is -1.91. The van der Waals surface area contributed by atoms with Gasteiger partial charge in [0.05, 0.1) is 16.6 Å². The van der Waals surface area contributed by atoms with Crippen LogP contribution < -0.4 is 0 Å². The van der Waals surface area contributed by atoms with Gasteiger partial charge in [-0.05, 0) is 13.0 Å². The molecular weight excluding hydrogens is 265 g/mol. The van der Waals surface area contributed by atoms with Crippen molar-refractivity contribution >= 4 is 17.3 Å². The molecule has 1 unspecified atom stereocenters. The first-order chi connectivity index (χ1) is 8.49. The van der Waals surface area contributed by atoms with Gasteiger partial charge in [0.1, 0.15) is 11.2 Å². The Morgan fingerprint density at radius 1 is 1.50 bits per heavy atom. The van der Waals surface area contributed by atoms with Gasteiger partial charge in [0.2, 0.25) is 5.89 Å². The van der Waals surface area contributed by atoms with Crippen LogP contribution in [-0.2, 0) is 0 Å². The summed E-state index contributed by atoms with van der Waals surface area (Å²) in [6.45, 7) is 1.63. The standard InChI is InChI=1S/C10H7ClFN3O3/c1-5(11)9-13-14-10(18-9)7-3-2-6(15(16)17)4-8(7)12/h2-5H,1H3. The molecule has 0 saturated carbocycles. The van der Waals surface area contributed by atoms with Gasteiger partial charge in [-0.25, -0.2) is 4.39 Å². The van der Waals surface area contributed by atoms with Crippen LogP contribution in [0.15, 0.2) is 22.6 Å². The van der Waals surface area contributed by atoms with Gasteiger partial charge >= 0.3 is 0 Å². The van der Waals surface area contributed by atoms with Gasteiger partial charge in [-0.1, -0.05) is 0 Å². The maximum absolute atomic E-state index is 13.6. The highest BCUT2D eigenvalue weighted by molar-refractivity contribution is 6.20. The molecule has 0 aliphatic rings. The topological polar surface area (TPSA) is 82.1 Å². The van der Waals surface area contributed by atoms with Crippen LogP contribution in [0.3, 0.4) is 0 Å². The maximum atomic E-state index is 13.6. The minimum atomic E-state index is -0.804. The number of aromatic nitrogens is 2. The summed E-state index contributed by atoms with van der Waals surface area (Å²) in [5.41, 5.74) is -0.349. The van der Waals surface area contributed by atoms with Gasteiger partial charge < -0.3 is 4.42 Å². The molecule has 0 radical (unpaired) electrons. The normalized spacial score (nSPS) is 12.4. The fraction of sp³-hybridized carbons (Fsp3) is 0.200. The third-order valence-corrected chi connectivity index (χ3v) is 2.36. The molecule has 1 aromatic carbocycles. The second-order valence-corrected chi connectivity index (χ2v) is 4.14. The summed E-state index contributed by atoms with van der Waals surface area (Å²) in [7, 11) is 0. The molecule has 1 aromatic heterocycles. The molecule has 0 spiro atoms. The van der Waals surface area contributed by atoms with Crippen molar-refractivity contribution in [3.63, 3.8) is 0 Å². The van der Waals surface area contributed by atoms with Crippen LogP contribution in [-0.4, -0.2) is 15.1 Å². The smallest absolute Gasteiger partial charge is 0.272 e. The highest BCUT2D eigenvalue weighted by atomic mass is 35.5. The lowest BCUT2D eigenvalue weighted by Gasteiger charge is -1.98. The minimum absolute atomic E-state index is 0.00309. The van der Waals surface area contributed by atoms with Crippen molar-refractivity contribution < 1.29 is 13.7 Å². The van der Waals surface area contributed by atoms with Gasteiger partial charge in [-0.2, -0.15) is 0 Å². The van der Waals surface area contributed by atoms with Crippen LogP contribution in [0.4, 0.5) is 10.1 Å². The lowest BCUT2D eigenvalue weighted by atomic mass is 10.2.